The summed E-state index contributed by atoms with van der Waals surface area (Å²) < 4.78 is 16.5. The molecule has 2 aliphatic rings. The number of amides is 1. The number of rotatable bonds is 8. The number of methoxy groups -OCH3 is 1. The Kier molecular flexibility index (Phi) is 8.54. The van der Waals surface area contributed by atoms with Crippen LogP contribution in [0, 0.1) is 12.8 Å². The van der Waals surface area contributed by atoms with Crippen LogP contribution in [-0.2, 0) is 24.5 Å². The molecule has 7 nitrogen and oxygen atoms in total. The summed E-state index contributed by atoms with van der Waals surface area (Å²) in [6.07, 6.45) is 3.09. The molecule has 1 atom stereocenters. The van der Waals surface area contributed by atoms with Crippen molar-refractivity contribution in [2.75, 3.05) is 46.6 Å². The lowest BCUT2D eigenvalue weighted by Gasteiger charge is -2.40. The zero-order chi connectivity index (χ0) is 23.1. The molecule has 32 heavy (non-hydrogen) atoms. The van der Waals surface area contributed by atoms with Crippen molar-refractivity contribution in [2.45, 2.75) is 57.9 Å². The molecule has 0 bridgehead atoms. The average Bonchev–Trinajstić information content (AvgIpc) is 2.83. The first-order valence-electron chi connectivity index (χ1n) is 11.8. The van der Waals surface area contributed by atoms with Gasteiger partial charge in [-0.05, 0) is 52.5 Å². The van der Waals surface area contributed by atoms with Gasteiger partial charge in [-0.25, -0.2) is 0 Å². The second-order valence-corrected chi connectivity index (χ2v) is 9.05. The maximum Gasteiger partial charge on any atom is 0.309 e. The summed E-state index contributed by atoms with van der Waals surface area (Å²) in [5.41, 5.74) is 2.24. The van der Waals surface area contributed by atoms with E-state index in [-0.39, 0.29) is 29.3 Å². The van der Waals surface area contributed by atoms with Gasteiger partial charge in [0.2, 0.25) is 5.91 Å². The fourth-order valence-electron chi connectivity index (χ4n) is 4.85. The number of carbonyl (C=O) groups excluding carboxylic acids is 2. The maximum atomic E-state index is 13.1. The van der Waals surface area contributed by atoms with Gasteiger partial charge in [0.1, 0.15) is 5.75 Å². The highest BCUT2D eigenvalue weighted by Crippen LogP contribution is 2.40. The first-order chi connectivity index (χ1) is 15.4. The second kappa shape index (κ2) is 11.1. The van der Waals surface area contributed by atoms with Crippen LogP contribution in [0.4, 0.5) is 0 Å². The Morgan fingerprint density at radius 2 is 1.94 bits per heavy atom. The van der Waals surface area contributed by atoms with Crippen LogP contribution in [0.25, 0.3) is 0 Å². The van der Waals surface area contributed by atoms with Crippen LogP contribution in [0.3, 0.4) is 0 Å². The molecule has 2 saturated heterocycles. The third-order valence-corrected chi connectivity index (χ3v) is 6.92. The molecule has 1 aromatic rings. The van der Waals surface area contributed by atoms with E-state index in [4.69, 9.17) is 14.2 Å². The minimum absolute atomic E-state index is 0.0886. The number of aryl methyl sites for hydroxylation is 1. The van der Waals surface area contributed by atoms with Crippen molar-refractivity contribution < 1.29 is 23.8 Å². The number of piperidine rings is 1. The number of hydrogen-bond donors (Lipinski definition) is 1. The second-order valence-electron chi connectivity index (χ2n) is 9.05. The summed E-state index contributed by atoms with van der Waals surface area (Å²) in [4.78, 5) is 26.9. The van der Waals surface area contributed by atoms with Crippen molar-refractivity contribution in [3.8, 4) is 5.75 Å². The summed E-state index contributed by atoms with van der Waals surface area (Å²) in [6.45, 7) is 9.51. The SMILES string of the molecule is CCOC(=O)C1CCN(C(=O)C(C)NCC2(c3cc(C)ccc3OC)CCOCC2)CC1. The molecule has 1 N–H and O–H groups in total. The standard InChI is InChI=1S/C25H38N2O5/c1-5-32-24(29)20-8-12-27(13-9-20)23(28)19(3)26-17-25(10-14-31-15-11-25)21-16-18(2)6-7-22(21)30-4/h6-7,16,19-20,26H,5,8-15,17H2,1-4H3. The van der Waals surface area contributed by atoms with Crippen molar-refractivity contribution in [1.29, 1.82) is 0 Å². The first-order valence-corrected chi connectivity index (χ1v) is 11.8. The number of nitrogens with one attached hydrogen (secondary N) is 1. The minimum Gasteiger partial charge on any atom is -0.496 e. The van der Waals surface area contributed by atoms with Gasteiger partial charge in [-0.3, -0.25) is 9.59 Å². The van der Waals surface area contributed by atoms with Crippen LogP contribution in [0.15, 0.2) is 18.2 Å². The molecule has 178 valence electrons. The van der Waals surface area contributed by atoms with Gasteiger partial charge in [-0.1, -0.05) is 17.7 Å². The van der Waals surface area contributed by atoms with Crippen LogP contribution in [0.5, 0.6) is 5.75 Å². The van der Waals surface area contributed by atoms with Crippen molar-refractivity contribution >= 4 is 11.9 Å². The predicted molar refractivity (Wildman–Crippen MR) is 123 cm³/mol. The van der Waals surface area contributed by atoms with Crippen molar-refractivity contribution in [1.82, 2.24) is 10.2 Å². The zero-order valence-corrected chi connectivity index (χ0v) is 19.9. The molecule has 2 fully saturated rings. The molecule has 0 aliphatic carbocycles. The van der Waals surface area contributed by atoms with Gasteiger partial charge >= 0.3 is 5.97 Å². The molecule has 0 radical (unpaired) electrons. The molecule has 0 spiro atoms. The van der Waals surface area contributed by atoms with E-state index in [2.05, 4.69) is 24.4 Å². The highest BCUT2D eigenvalue weighted by Gasteiger charge is 2.38. The fraction of sp³-hybridized carbons (Fsp3) is 0.680. The predicted octanol–water partition coefficient (Wildman–Crippen LogP) is 2.83. The van der Waals surface area contributed by atoms with Crippen LogP contribution in [0.1, 0.15) is 50.7 Å². The van der Waals surface area contributed by atoms with E-state index in [0.717, 1.165) is 18.6 Å². The quantitative estimate of drug-likeness (QED) is 0.619. The van der Waals surface area contributed by atoms with E-state index < -0.39 is 0 Å². The number of ether oxygens (including phenoxy) is 3. The third kappa shape index (κ3) is 5.62. The highest BCUT2D eigenvalue weighted by atomic mass is 16.5. The van der Waals surface area contributed by atoms with Crippen LogP contribution >= 0.6 is 0 Å². The monoisotopic (exact) mass is 446 g/mol. The largest absolute Gasteiger partial charge is 0.496 e. The van der Waals surface area contributed by atoms with Gasteiger partial charge in [-0.2, -0.15) is 0 Å². The van der Waals surface area contributed by atoms with Crippen LogP contribution in [0.2, 0.25) is 0 Å². The first kappa shape index (κ1) is 24.5. The Balaban J connectivity index is 1.64. The zero-order valence-electron chi connectivity index (χ0n) is 19.9. The Morgan fingerprint density at radius 3 is 2.56 bits per heavy atom. The number of likely N-dealkylation sites (tertiary alicyclic amines) is 1. The number of benzene rings is 1. The Morgan fingerprint density at radius 1 is 1.25 bits per heavy atom. The van der Waals surface area contributed by atoms with E-state index in [1.807, 2.05) is 24.8 Å². The lowest BCUT2D eigenvalue weighted by Crippen LogP contribution is -2.52. The van der Waals surface area contributed by atoms with Crippen LogP contribution < -0.4 is 10.1 Å². The minimum atomic E-state index is -0.301. The van der Waals surface area contributed by atoms with Gasteiger partial charge in [0.05, 0.1) is 25.7 Å². The number of hydrogen-bond acceptors (Lipinski definition) is 6. The van der Waals surface area contributed by atoms with E-state index >= 15 is 0 Å². The van der Waals surface area contributed by atoms with Crippen LogP contribution in [-0.4, -0.2) is 69.4 Å². The summed E-state index contributed by atoms with van der Waals surface area (Å²) in [7, 11) is 1.71. The lowest BCUT2D eigenvalue weighted by atomic mass is 9.73. The Bertz CT molecular complexity index is 783. The van der Waals surface area contributed by atoms with E-state index in [1.165, 1.54) is 11.1 Å². The topological polar surface area (TPSA) is 77.1 Å². The fourth-order valence-corrected chi connectivity index (χ4v) is 4.85. The molecule has 1 unspecified atom stereocenters. The molecular formula is C25H38N2O5. The molecule has 1 aromatic carbocycles. The number of carbonyl (C=O) groups is 2. The molecule has 7 heteroatoms. The Hall–Kier alpha value is -2.12. The average molecular weight is 447 g/mol. The molecule has 3 rings (SSSR count). The summed E-state index contributed by atoms with van der Waals surface area (Å²) in [5, 5.41) is 3.52. The normalized spacial score (nSPS) is 19.9. The van der Waals surface area contributed by atoms with E-state index in [9.17, 15) is 9.59 Å². The smallest absolute Gasteiger partial charge is 0.309 e. The molecule has 2 heterocycles. The van der Waals surface area contributed by atoms with Crippen molar-refractivity contribution in [3.05, 3.63) is 29.3 Å². The highest BCUT2D eigenvalue weighted by molar-refractivity contribution is 5.82. The van der Waals surface area contributed by atoms with Gasteiger partial charge in [0.25, 0.3) is 0 Å². The molecule has 2 aliphatic heterocycles. The van der Waals surface area contributed by atoms with Gasteiger partial charge in [-0.15, -0.1) is 0 Å². The summed E-state index contributed by atoms with van der Waals surface area (Å²) >= 11 is 0. The van der Waals surface area contributed by atoms with Gasteiger partial charge in [0.15, 0.2) is 0 Å². The molecule has 0 saturated carbocycles. The number of nitrogens with zero attached hydrogens (tertiary/aromatic N) is 1. The third-order valence-electron chi connectivity index (χ3n) is 6.92. The van der Waals surface area contributed by atoms with E-state index in [1.54, 1.807) is 7.11 Å². The summed E-state index contributed by atoms with van der Waals surface area (Å²) in [5.74, 6) is 0.742. The van der Waals surface area contributed by atoms with E-state index in [0.29, 0.717) is 52.3 Å². The van der Waals surface area contributed by atoms with Crippen molar-refractivity contribution in [3.63, 3.8) is 0 Å². The Labute approximate surface area is 191 Å². The maximum absolute atomic E-state index is 13.1. The lowest BCUT2D eigenvalue weighted by molar-refractivity contribution is -0.151. The molecule has 1 amide bonds. The number of esters is 1. The molecule has 0 aromatic heterocycles. The van der Waals surface area contributed by atoms with Crippen molar-refractivity contribution in [2.24, 2.45) is 5.92 Å². The summed E-state index contributed by atoms with van der Waals surface area (Å²) in [6, 6.07) is 6.00. The van der Waals surface area contributed by atoms with Gasteiger partial charge < -0.3 is 24.4 Å². The molecular weight excluding hydrogens is 408 g/mol. The van der Waals surface area contributed by atoms with Gasteiger partial charge in [0, 0.05) is 43.8 Å².